The summed E-state index contributed by atoms with van der Waals surface area (Å²) in [5.74, 6) is 0.0413. The van der Waals surface area contributed by atoms with Gasteiger partial charge in [-0.2, -0.15) is 0 Å². The Kier molecular flexibility index (Phi) is 8.22. The number of benzene rings is 1. The normalized spacial score (nSPS) is 27.0. The van der Waals surface area contributed by atoms with Crippen molar-refractivity contribution in [2.45, 2.75) is 70.2 Å². The molecule has 0 spiro atoms. The topological polar surface area (TPSA) is 133 Å². The van der Waals surface area contributed by atoms with Gasteiger partial charge in [0.15, 0.2) is 0 Å². The summed E-state index contributed by atoms with van der Waals surface area (Å²) in [4.78, 5) is 37.2. The highest BCUT2D eigenvalue weighted by atomic mass is 32.2. The highest BCUT2D eigenvalue weighted by molar-refractivity contribution is 7.90. The minimum Gasteiger partial charge on any atom is -0.355 e. The zero-order valence-corrected chi connectivity index (χ0v) is 21.0. The number of rotatable bonds is 8. The third-order valence-corrected chi connectivity index (χ3v) is 8.64. The molecule has 1 aliphatic carbocycles. The molecule has 1 heterocycles. The van der Waals surface area contributed by atoms with Crippen molar-refractivity contribution in [1.29, 1.82) is 0 Å². The molecule has 1 saturated heterocycles. The van der Waals surface area contributed by atoms with Gasteiger partial charge in [-0.05, 0) is 68.1 Å². The molecule has 0 bridgehead atoms. The smallest absolute Gasteiger partial charge is 0.328 e. The van der Waals surface area contributed by atoms with Gasteiger partial charge in [0.1, 0.15) is 5.41 Å². The van der Waals surface area contributed by atoms with E-state index in [2.05, 4.69) is 27.6 Å². The van der Waals surface area contributed by atoms with Gasteiger partial charge in [0, 0.05) is 19.1 Å². The van der Waals surface area contributed by atoms with Crippen LogP contribution in [0.1, 0.15) is 58.4 Å². The lowest BCUT2D eigenvalue weighted by Gasteiger charge is -2.27. The third kappa shape index (κ3) is 5.71. The van der Waals surface area contributed by atoms with Crippen molar-refractivity contribution in [3.05, 3.63) is 29.8 Å². The van der Waals surface area contributed by atoms with E-state index >= 15 is 0 Å². The molecule has 1 aromatic carbocycles. The van der Waals surface area contributed by atoms with Crippen LogP contribution in [0.15, 0.2) is 29.2 Å². The Morgan fingerprint density at radius 2 is 1.74 bits per heavy atom. The molecule has 4 amide bonds. The van der Waals surface area contributed by atoms with Crippen molar-refractivity contribution < 1.29 is 22.8 Å². The molecule has 1 saturated carbocycles. The highest BCUT2D eigenvalue weighted by Crippen LogP contribution is 2.36. The Morgan fingerprint density at radius 3 is 2.29 bits per heavy atom. The lowest BCUT2D eigenvalue weighted by atomic mass is 9.75. The van der Waals surface area contributed by atoms with Crippen LogP contribution < -0.4 is 20.7 Å². The fraction of sp³-hybridized carbons (Fsp3) is 0.625. The van der Waals surface area contributed by atoms with Gasteiger partial charge in [-0.25, -0.2) is 17.9 Å². The van der Waals surface area contributed by atoms with Crippen LogP contribution in [0.2, 0.25) is 0 Å². The number of carbonyl (C=O) groups is 3. The van der Waals surface area contributed by atoms with Gasteiger partial charge in [-0.3, -0.25) is 9.59 Å². The Labute approximate surface area is 201 Å². The molecule has 10 heteroatoms. The van der Waals surface area contributed by atoms with Gasteiger partial charge in [0.25, 0.3) is 10.0 Å². The summed E-state index contributed by atoms with van der Waals surface area (Å²) >= 11 is 0. The van der Waals surface area contributed by atoms with Crippen molar-refractivity contribution in [1.82, 2.24) is 20.7 Å². The van der Waals surface area contributed by atoms with Gasteiger partial charge >= 0.3 is 6.03 Å². The molecule has 2 aliphatic rings. The predicted molar refractivity (Wildman–Crippen MR) is 128 cm³/mol. The Bertz CT molecular complexity index is 1000. The molecule has 2 fully saturated rings. The van der Waals surface area contributed by atoms with Crippen LogP contribution >= 0.6 is 0 Å². The quantitative estimate of drug-likeness (QED) is 0.412. The molecule has 1 aliphatic heterocycles. The van der Waals surface area contributed by atoms with Crippen LogP contribution in [0.4, 0.5) is 4.79 Å². The van der Waals surface area contributed by atoms with Crippen LogP contribution in [0.25, 0.3) is 0 Å². The molecule has 0 radical (unpaired) electrons. The third-order valence-electron chi connectivity index (χ3n) is 7.29. The summed E-state index contributed by atoms with van der Waals surface area (Å²) in [5, 5.41) is 8.38. The summed E-state index contributed by atoms with van der Waals surface area (Å²) in [6, 6.07) is 5.48. The zero-order chi connectivity index (χ0) is 24.9. The van der Waals surface area contributed by atoms with Crippen molar-refractivity contribution in [3.8, 4) is 0 Å². The van der Waals surface area contributed by atoms with E-state index in [-0.39, 0.29) is 28.7 Å². The van der Waals surface area contributed by atoms with Crippen molar-refractivity contribution in [2.24, 2.45) is 17.3 Å². The molecule has 1 unspecified atom stereocenters. The first-order chi connectivity index (χ1) is 16.1. The average molecular weight is 493 g/mol. The van der Waals surface area contributed by atoms with Gasteiger partial charge in [-0.15, -0.1) is 0 Å². The molecule has 188 valence electrons. The molecule has 9 nitrogen and oxygen atoms in total. The second-order valence-electron chi connectivity index (χ2n) is 9.62. The number of nitrogens with one attached hydrogen (secondary N) is 4. The number of hydrogen-bond acceptors (Lipinski definition) is 5. The van der Waals surface area contributed by atoms with Gasteiger partial charge in [-0.1, -0.05) is 32.9 Å². The van der Waals surface area contributed by atoms with E-state index < -0.39 is 21.5 Å². The average Bonchev–Trinajstić information content (AvgIpc) is 3.09. The fourth-order valence-corrected chi connectivity index (χ4v) is 5.83. The van der Waals surface area contributed by atoms with E-state index in [4.69, 9.17) is 0 Å². The lowest BCUT2D eigenvalue weighted by molar-refractivity contribution is -0.143. The molecule has 1 aromatic rings. The van der Waals surface area contributed by atoms with Crippen LogP contribution in [0, 0.1) is 17.3 Å². The second kappa shape index (κ2) is 10.8. The standard InChI is InChI=1S/C24H36N4O5S/c1-4-24(17(3)15-26-22(24)30)21(29)25-14-13-18-7-11-20(12-8-18)34(32,33)28-23(31)27-19-9-5-16(2)6-10-19/h7-8,11-12,16-17,19H,4-6,9-10,13-15H2,1-3H3,(H,25,29)(H,26,30)(H2,27,28,31)/t16?,17-,19?,24?/m0/s1. The minimum atomic E-state index is -3.98. The zero-order valence-electron chi connectivity index (χ0n) is 20.1. The SMILES string of the molecule is CCC1(C(=O)NCCc2ccc(S(=O)(=O)NC(=O)NC3CCC(C)CC3)cc2)C(=O)NC[C@@H]1C. The number of urea groups is 1. The molecule has 2 atom stereocenters. The van der Waals surface area contributed by atoms with Gasteiger partial charge in [0.2, 0.25) is 11.8 Å². The fourth-order valence-electron chi connectivity index (χ4n) is 4.91. The first kappa shape index (κ1) is 26.0. The molecule has 3 rings (SSSR count). The summed E-state index contributed by atoms with van der Waals surface area (Å²) in [7, 11) is -3.98. The lowest BCUT2D eigenvalue weighted by Crippen LogP contribution is -2.48. The number of carbonyl (C=O) groups excluding carboxylic acids is 3. The first-order valence-electron chi connectivity index (χ1n) is 12.1. The van der Waals surface area contributed by atoms with E-state index in [0.717, 1.165) is 31.2 Å². The van der Waals surface area contributed by atoms with Crippen molar-refractivity contribution in [2.75, 3.05) is 13.1 Å². The van der Waals surface area contributed by atoms with E-state index in [1.54, 1.807) is 12.1 Å². The summed E-state index contributed by atoms with van der Waals surface area (Å²) in [6.45, 7) is 6.72. The maximum atomic E-state index is 12.8. The molecule has 4 N–H and O–H groups in total. The number of amides is 4. The molecular formula is C24H36N4O5S. The van der Waals surface area contributed by atoms with Crippen LogP contribution in [-0.4, -0.2) is 45.4 Å². The first-order valence-corrected chi connectivity index (χ1v) is 13.6. The van der Waals surface area contributed by atoms with Gasteiger partial charge in [0.05, 0.1) is 4.90 Å². The van der Waals surface area contributed by atoms with E-state index in [1.807, 2.05) is 13.8 Å². The van der Waals surface area contributed by atoms with Crippen LogP contribution in [0.5, 0.6) is 0 Å². The summed E-state index contributed by atoms with van der Waals surface area (Å²) < 4.78 is 27.2. The molecular weight excluding hydrogens is 456 g/mol. The monoisotopic (exact) mass is 492 g/mol. The van der Waals surface area contributed by atoms with Crippen LogP contribution in [0.3, 0.4) is 0 Å². The Balaban J connectivity index is 1.50. The maximum Gasteiger partial charge on any atom is 0.328 e. The Hall–Kier alpha value is -2.62. The van der Waals surface area contributed by atoms with Crippen molar-refractivity contribution in [3.63, 3.8) is 0 Å². The maximum absolute atomic E-state index is 12.8. The number of sulfonamides is 1. The minimum absolute atomic E-state index is 0.00544. The molecule has 0 aromatic heterocycles. The molecule has 34 heavy (non-hydrogen) atoms. The second-order valence-corrected chi connectivity index (χ2v) is 11.3. The number of hydrogen-bond donors (Lipinski definition) is 4. The van der Waals surface area contributed by atoms with E-state index in [0.29, 0.717) is 31.8 Å². The summed E-state index contributed by atoms with van der Waals surface area (Å²) in [5.41, 5.74) is -0.213. The van der Waals surface area contributed by atoms with Crippen LogP contribution in [-0.2, 0) is 26.0 Å². The Morgan fingerprint density at radius 1 is 1.09 bits per heavy atom. The van der Waals surface area contributed by atoms with Gasteiger partial charge < -0.3 is 16.0 Å². The van der Waals surface area contributed by atoms with E-state index in [1.165, 1.54) is 12.1 Å². The largest absolute Gasteiger partial charge is 0.355 e. The van der Waals surface area contributed by atoms with E-state index in [9.17, 15) is 22.8 Å². The summed E-state index contributed by atoms with van der Waals surface area (Å²) in [6.07, 6.45) is 4.65. The predicted octanol–water partition coefficient (Wildman–Crippen LogP) is 2.07. The van der Waals surface area contributed by atoms with Crippen molar-refractivity contribution >= 4 is 27.9 Å². The highest BCUT2D eigenvalue weighted by Gasteiger charge is 2.52.